The van der Waals surface area contributed by atoms with E-state index >= 15 is 0 Å². The van der Waals surface area contributed by atoms with E-state index in [1.807, 2.05) is 36.4 Å². The highest BCUT2D eigenvalue weighted by Gasteiger charge is 2.05. The minimum Gasteiger partial charge on any atom is -0.481 e. The first-order chi connectivity index (χ1) is 12.4. The number of nitrogens with one attached hydrogen (secondary N) is 1. The molecule has 0 bridgehead atoms. The maximum Gasteiger partial charge on any atom is 0.303 e. The number of benzene rings is 2. The average molecular weight is 355 g/mol. The molecule has 2 aromatic rings. The molecule has 0 aromatic heterocycles. The lowest BCUT2D eigenvalue weighted by molar-refractivity contribution is -0.138. The standard InChI is InChI=1S/C21H25NO4/c1-15(2)17-5-9-19(10-6-17)26-18-7-3-16(4-8-18)13-14-22-20(23)11-12-21(24)25/h3-10,15H,11-14H2,1-2H3,(H,22,23)(H,24,25). The van der Waals surface area contributed by atoms with Crippen molar-refractivity contribution < 1.29 is 19.4 Å². The van der Waals surface area contributed by atoms with E-state index in [9.17, 15) is 9.59 Å². The molecule has 1 amide bonds. The van der Waals surface area contributed by atoms with E-state index in [2.05, 4.69) is 31.3 Å². The van der Waals surface area contributed by atoms with Crippen LogP contribution >= 0.6 is 0 Å². The Labute approximate surface area is 154 Å². The highest BCUT2D eigenvalue weighted by atomic mass is 16.5. The predicted octanol–water partition coefficient (Wildman–Crippen LogP) is 4.13. The number of aliphatic carboxylic acids is 1. The zero-order valence-corrected chi connectivity index (χ0v) is 15.2. The molecular weight excluding hydrogens is 330 g/mol. The second-order valence-electron chi connectivity index (χ2n) is 6.46. The van der Waals surface area contributed by atoms with Crippen molar-refractivity contribution in [3.63, 3.8) is 0 Å². The van der Waals surface area contributed by atoms with Crippen LogP contribution in [0.1, 0.15) is 43.7 Å². The third-order valence-electron chi connectivity index (χ3n) is 4.01. The molecule has 0 saturated heterocycles. The van der Waals surface area contributed by atoms with Gasteiger partial charge in [0.25, 0.3) is 0 Å². The van der Waals surface area contributed by atoms with Gasteiger partial charge in [0.15, 0.2) is 0 Å². The molecule has 2 rings (SSSR count). The molecule has 2 N–H and O–H groups in total. The van der Waals surface area contributed by atoms with Gasteiger partial charge in [-0.15, -0.1) is 0 Å². The molecule has 0 saturated carbocycles. The van der Waals surface area contributed by atoms with Crippen LogP contribution in [0.5, 0.6) is 11.5 Å². The van der Waals surface area contributed by atoms with E-state index in [4.69, 9.17) is 9.84 Å². The van der Waals surface area contributed by atoms with Gasteiger partial charge in [-0.1, -0.05) is 38.1 Å². The maximum atomic E-state index is 11.5. The van der Waals surface area contributed by atoms with Gasteiger partial charge in [0.05, 0.1) is 6.42 Å². The van der Waals surface area contributed by atoms with E-state index in [0.717, 1.165) is 17.1 Å². The maximum absolute atomic E-state index is 11.5. The first-order valence-corrected chi connectivity index (χ1v) is 8.79. The third-order valence-corrected chi connectivity index (χ3v) is 4.01. The van der Waals surface area contributed by atoms with Crippen molar-refractivity contribution >= 4 is 11.9 Å². The van der Waals surface area contributed by atoms with Crippen molar-refractivity contribution in [2.75, 3.05) is 6.54 Å². The molecule has 0 heterocycles. The largest absolute Gasteiger partial charge is 0.481 e. The topological polar surface area (TPSA) is 75.6 Å². The first kappa shape index (κ1) is 19.5. The van der Waals surface area contributed by atoms with Gasteiger partial charge in [0.2, 0.25) is 5.91 Å². The molecule has 5 nitrogen and oxygen atoms in total. The molecule has 5 heteroatoms. The van der Waals surface area contributed by atoms with Gasteiger partial charge in [0, 0.05) is 13.0 Å². The summed E-state index contributed by atoms with van der Waals surface area (Å²) in [7, 11) is 0. The van der Waals surface area contributed by atoms with Crippen LogP contribution in [-0.4, -0.2) is 23.5 Å². The second-order valence-corrected chi connectivity index (χ2v) is 6.46. The van der Waals surface area contributed by atoms with E-state index in [1.165, 1.54) is 5.56 Å². The number of carbonyl (C=O) groups excluding carboxylic acids is 1. The Balaban J connectivity index is 1.79. The monoisotopic (exact) mass is 355 g/mol. The molecular formula is C21H25NO4. The van der Waals surface area contributed by atoms with Crippen LogP contribution in [0.15, 0.2) is 48.5 Å². The Morgan fingerprint density at radius 3 is 2.08 bits per heavy atom. The van der Waals surface area contributed by atoms with Crippen LogP contribution in [0, 0.1) is 0 Å². The van der Waals surface area contributed by atoms with Crippen molar-refractivity contribution in [1.82, 2.24) is 5.32 Å². The number of ether oxygens (including phenoxy) is 1. The van der Waals surface area contributed by atoms with Gasteiger partial charge in [0.1, 0.15) is 11.5 Å². The quantitative estimate of drug-likeness (QED) is 0.709. The predicted molar refractivity (Wildman–Crippen MR) is 101 cm³/mol. The molecule has 0 aliphatic carbocycles. The van der Waals surface area contributed by atoms with Crippen LogP contribution in [0.25, 0.3) is 0 Å². The fraction of sp³-hybridized carbons (Fsp3) is 0.333. The zero-order chi connectivity index (χ0) is 18.9. The number of amides is 1. The number of carbonyl (C=O) groups is 2. The molecule has 0 aliphatic rings. The minimum atomic E-state index is -0.963. The Kier molecular flexibility index (Phi) is 7.21. The van der Waals surface area contributed by atoms with Crippen LogP contribution in [0.3, 0.4) is 0 Å². The summed E-state index contributed by atoms with van der Waals surface area (Å²) in [6, 6.07) is 15.8. The lowest BCUT2D eigenvalue weighted by Crippen LogP contribution is -2.25. The molecule has 0 atom stereocenters. The number of hydrogen-bond acceptors (Lipinski definition) is 3. The number of rotatable bonds is 9. The van der Waals surface area contributed by atoms with Crippen molar-refractivity contribution in [2.45, 2.75) is 39.0 Å². The fourth-order valence-electron chi connectivity index (χ4n) is 2.44. The van der Waals surface area contributed by atoms with E-state index < -0.39 is 5.97 Å². The van der Waals surface area contributed by atoms with E-state index in [0.29, 0.717) is 18.9 Å². The molecule has 0 spiro atoms. The SMILES string of the molecule is CC(C)c1ccc(Oc2ccc(CCNC(=O)CCC(=O)O)cc2)cc1. The van der Waals surface area contributed by atoms with Gasteiger partial charge >= 0.3 is 5.97 Å². The summed E-state index contributed by atoms with van der Waals surface area (Å²) in [5.74, 6) is 0.851. The Bertz CT molecular complexity index is 721. The van der Waals surface area contributed by atoms with Gasteiger partial charge in [-0.3, -0.25) is 9.59 Å². The molecule has 2 aromatic carbocycles. The Morgan fingerprint density at radius 2 is 1.54 bits per heavy atom. The molecule has 0 fully saturated rings. The molecule has 26 heavy (non-hydrogen) atoms. The summed E-state index contributed by atoms with van der Waals surface area (Å²) >= 11 is 0. The average Bonchev–Trinajstić information content (AvgIpc) is 2.62. The molecule has 0 aliphatic heterocycles. The van der Waals surface area contributed by atoms with Crippen molar-refractivity contribution in [3.05, 3.63) is 59.7 Å². The smallest absolute Gasteiger partial charge is 0.303 e. The molecule has 0 radical (unpaired) electrons. The highest BCUT2D eigenvalue weighted by Crippen LogP contribution is 2.24. The summed E-state index contributed by atoms with van der Waals surface area (Å²) in [6.07, 6.45) is 0.551. The zero-order valence-electron chi connectivity index (χ0n) is 15.2. The molecule has 0 unspecified atom stereocenters. The number of carboxylic acids is 1. The van der Waals surface area contributed by atoms with Gasteiger partial charge in [-0.25, -0.2) is 0 Å². The fourth-order valence-corrected chi connectivity index (χ4v) is 2.44. The number of hydrogen-bond donors (Lipinski definition) is 2. The summed E-state index contributed by atoms with van der Waals surface area (Å²) in [6.45, 7) is 4.79. The van der Waals surface area contributed by atoms with Gasteiger partial charge < -0.3 is 15.2 Å². The first-order valence-electron chi connectivity index (χ1n) is 8.79. The van der Waals surface area contributed by atoms with Crippen LogP contribution in [0.2, 0.25) is 0 Å². The van der Waals surface area contributed by atoms with Crippen LogP contribution in [-0.2, 0) is 16.0 Å². The minimum absolute atomic E-state index is 0.0116. The summed E-state index contributed by atoms with van der Waals surface area (Å²) in [5.41, 5.74) is 2.35. The van der Waals surface area contributed by atoms with Crippen molar-refractivity contribution in [3.8, 4) is 11.5 Å². The van der Waals surface area contributed by atoms with Crippen LogP contribution in [0.4, 0.5) is 0 Å². The Hall–Kier alpha value is -2.82. The van der Waals surface area contributed by atoms with Gasteiger partial charge in [-0.2, -0.15) is 0 Å². The van der Waals surface area contributed by atoms with Gasteiger partial charge in [-0.05, 0) is 47.7 Å². The van der Waals surface area contributed by atoms with E-state index in [-0.39, 0.29) is 18.7 Å². The van der Waals surface area contributed by atoms with E-state index in [1.54, 1.807) is 0 Å². The lowest BCUT2D eigenvalue weighted by Gasteiger charge is -2.09. The van der Waals surface area contributed by atoms with Crippen molar-refractivity contribution in [1.29, 1.82) is 0 Å². The highest BCUT2D eigenvalue weighted by molar-refractivity contribution is 5.80. The third kappa shape index (κ3) is 6.59. The normalized spacial score (nSPS) is 10.6. The second kappa shape index (κ2) is 9.61. The lowest BCUT2D eigenvalue weighted by atomic mass is 10.0. The van der Waals surface area contributed by atoms with Crippen LogP contribution < -0.4 is 10.1 Å². The van der Waals surface area contributed by atoms with Crippen molar-refractivity contribution in [2.24, 2.45) is 0 Å². The Morgan fingerprint density at radius 1 is 0.962 bits per heavy atom. The molecule has 138 valence electrons. The number of carboxylic acid groups (broad SMARTS) is 1. The summed E-state index contributed by atoms with van der Waals surface area (Å²) < 4.78 is 5.84. The summed E-state index contributed by atoms with van der Waals surface area (Å²) in [5, 5.41) is 11.3. The summed E-state index contributed by atoms with van der Waals surface area (Å²) in [4.78, 5) is 21.9.